The van der Waals surface area contributed by atoms with Crippen molar-refractivity contribution in [2.45, 2.75) is 26.0 Å². The summed E-state index contributed by atoms with van der Waals surface area (Å²) in [5.41, 5.74) is 2.93. The molecule has 0 spiro atoms. The third-order valence-corrected chi connectivity index (χ3v) is 3.89. The van der Waals surface area contributed by atoms with Crippen LogP contribution in [0.4, 0.5) is 5.69 Å². The summed E-state index contributed by atoms with van der Waals surface area (Å²) in [5.74, 6) is 0. The molecule has 1 aromatic rings. The van der Waals surface area contributed by atoms with E-state index in [-0.39, 0.29) is 5.25 Å². The highest BCUT2D eigenvalue weighted by molar-refractivity contribution is 7.84. The minimum absolute atomic E-state index is 0.0512. The maximum atomic E-state index is 11.2. The van der Waals surface area contributed by atoms with Gasteiger partial charge in [-0.2, -0.15) is 5.26 Å². The number of aryl methyl sites for hydroxylation is 2. The highest BCUT2D eigenvalue weighted by Gasteiger charge is 2.10. The molecule has 0 radical (unpaired) electrons. The number of hydrogen-bond acceptors (Lipinski definition) is 4. The molecule has 2 unspecified atom stereocenters. The van der Waals surface area contributed by atoms with Crippen molar-refractivity contribution in [3.05, 3.63) is 23.0 Å². The molecule has 1 N–H and O–H groups in total. The third kappa shape index (κ3) is 3.53. The Kier molecular flexibility index (Phi) is 4.64. The summed E-state index contributed by atoms with van der Waals surface area (Å²) in [7, 11) is -0.864. The first-order valence-electron chi connectivity index (χ1n) is 5.40. The van der Waals surface area contributed by atoms with Crippen molar-refractivity contribution in [2.75, 3.05) is 18.1 Å². The monoisotopic (exact) mass is 251 g/mol. The van der Waals surface area contributed by atoms with Gasteiger partial charge in [-0.3, -0.25) is 9.19 Å². The molecule has 0 aromatic carbocycles. The van der Waals surface area contributed by atoms with Crippen LogP contribution in [-0.2, 0) is 10.8 Å². The smallest absolute Gasteiger partial charge is 0.103 e. The zero-order valence-corrected chi connectivity index (χ0v) is 11.4. The van der Waals surface area contributed by atoms with E-state index in [1.165, 1.54) is 0 Å². The lowest BCUT2D eigenvalue weighted by Crippen LogP contribution is -2.21. The lowest BCUT2D eigenvalue weighted by atomic mass is 10.1. The zero-order chi connectivity index (χ0) is 13.0. The van der Waals surface area contributed by atoms with Crippen LogP contribution in [0.25, 0.3) is 0 Å². The van der Waals surface area contributed by atoms with Crippen molar-refractivity contribution in [1.29, 1.82) is 5.26 Å². The fraction of sp³-hybridized carbons (Fsp3) is 0.500. The van der Waals surface area contributed by atoms with Crippen molar-refractivity contribution in [1.82, 2.24) is 4.98 Å². The number of rotatable bonds is 4. The number of nitrogens with zero attached hydrogens (tertiary/aromatic N) is 2. The van der Waals surface area contributed by atoms with Gasteiger partial charge in [0.05, 0.1) is 16.9 Å². The van der Waals surface area contributed by atoms with Crippen molar-refractivity contribution in [3.63, 3.8) is 0 Å². The van der Waals surface area contributed by atoms with E-state index in [1.54, 1.807) is 6.26 Å². The van der Waals surface area contributed by atoms with Gasteiger partial charge in [-0.25, -0.2) is 0 Å². The molecule has 0 aliphatic rings. The Bertz CT molecular complexity index is 479. The highest BCUT2D eigenvalue weighted by Crippen LogP contribution is 2.18. The van der Waals surface area contributed by atoms with E-state index in [9.17, 15) is 4.21 Å². The van der Waals surface area contributed by atoms with Crippen molar-refractivity contribution < 1.29 is 4.21 Å². The van der Waals surface area contributed by atoms with Gasteiger partial charge in [0.2, 0.25) is 0 Å². The van der Waals surface area contributed by atoms with Crippen LogP contribution >= 0.6 is 0 Å². The van der Waals surface area contributed by atoms with Gasteiger partial charge in [0.25, 0.3) is 0 Å². The van der Waals surface area contributed by atoms with E-state index in [4.69, 9.17) is 5.26 Å². The number of aromatic nitrogens is 1. The summed E-state index contributed by atoms with van der Waals surface area (Å²) in [5, 5.41) is 12.3. The van der Waals surface area contributed by atoms with Crippen molar-refractivity contribution in [2.24, 2.45) is 0 Å². The SMILES string of the molecule is Cc1cc(NCC(C)S(C)=O)c(C#N)c(C)n1. The average molecular weight is 251 g/mol. The van der Waals surface area contributed by atoms with Crippen molar-refractivity contribution >= 4 is 16.5 Å². The first kappa shape index (κ1) is 13.7. The minimum Gasteiger partial charge on any atom is -0.383 e. The number of nitrogens with one attached hydrogen (secondary N) is 1. The van der Waals surface area contributed by atoms with Crippen LogP contribution < -0.4 is 5.32 Å². The van der Waals surface area contributed by atoms with Gasteiger partial charge in [0, 0.05) is 34.5 Å². The standard InChI is InChI=1S/C12H17N3OS/c1-8-5-12(11(6-13)10(3)15-8)14-7-9(2)17(4)16/h5,9H,7H2,1-4H3,(H,14,15). The molecular weight excluding hydrogens is 234 g/mol. The van der Waals surface area contributed by atoms with Gasteiger partial charge in [0.15, 0.2) is 0 Å². The van der Waals surface area contributed by atoms with Gasteiger partial charge < -0.3 is 5.32 Å². The summed E-state index contributed by atoms with van der Waals surface area (Å²) < 4.78 is 11.2. The summed E-state index contributed by atoms with van der Waals surface area (Å²) >= 11 is 0. The molecule has 17 heavy (non-hydrogen) atoms. The second-order valence-electron chi connectivity index (χ2n) is 4.07. The van der Waals surface area contributed by atoms with Crippen LogP contribution in [0.5, 0.6) is 0 Å². The molecular formula is C12H17N3OS. The first-order valence-corrected chi connectivity index (χ1v) is 7.02. The van der Waals surface area contributed by atoms with Crippen LogP contribution in [0.15, 0.2) is 6.07 Å². The van der Waals surface area contributed by atoms with Gasteiger partial charge in [-0.1, -0.05) is 0 Å². The number of pyridine rings is 1. The topological polar surface area (TPSA) is 65.8 Å². The van der Waals surface area contributed by atoms with Gasteiger partial charge in [0.1, 0.15) is 6.07 Å². The maximum Gasteiger partial charge on any atom is 0.103 e. The van der Waals surface area contributed by atoms with Crippen LogP contribution in [-0.4, -0.2) is 27.2 Å². The van der Waals surface area contributed by atoms with Crippen LogP contribution in [0, 0.1) is 25.2 Å². The Hall–Kier alpha value is -1.41. The van der Waals surface area contributed by atoms with E-state index < -0.39 is 10.8 Å². The molecule has 5 heteroatoms. The van der Waals surface area contributed by atoms with E-state index in [0.29, 0.717) is 12.1 Å². The predicted octanol–water partition coefficient (Wildman–Crippen LogP) is 1.75. The molecule has 2 atom stereocenters. The molecule has 0 aliphatic carbocycles. The number of hydrogen-bond donors (Lipinski definition) is 1. The predicted molar refractivity (Wildman–Crippen MR) is 70.4 cm³/mol. The Morgan fingerprint density at radius 1 is 1.59 bits per heavy atom. The van der Waals surface area contributed by atoms with Crippen molar-refractivity contribution in [3.8, 4) is 6.07 Å². The lowest BCUT2D eigenvalue weighted by Gasteiger charge is -2.13. The van der Waals surface area contributed by atoms with Gasteiger partial charge >= 0.3 is 0 Å². The molecule has 0 amide bonds. The van der Waals surface area contributed by atoms with Gasteiger partial charge in [-0.15, -0.1) is 0 Å². The highest BCUT2D eigenvalue weighted by atomic mass is 32.2. The molecule has 1 heterocycles. The molecule has 0 saturated carbocycles. The van der Waals surface area contributed by atoms with E-state index in [0.717, 1.165) is 17.1 Å². The average Bonchev–Trinajstić information content (AvgIpc) is 2.24. The molecule has 4 nitrogen and oxygen atoms in total. The second kappa shape index (κ2) is 5.78. The summed E-state index contributed by atoms with van der Waals surface area (Å²) in [6.07, 6.45) is 1.68. The van der Waals surface area contributed by atoms with E-state index >= 15 is 0 Å². The molecule has 0 saturated heterocycles. The molecule has 0 fully saturated rings. The minimum atomic E-state index is -0.864. The Morgan fingerprint density at radius 2 is 2.24 bits per heavy atom. The molecule has 0 aliphatic heterocycles. The quantitative estimate of drug-likeness (QED) is 0.885. The second-order valence-corrected chi connectivity index (χ2v) is 5.88. The summed E-state index contributed by atoms with van der Waals surface area (Å²) in [6, 6.07) is 3.99. The Labute approximate surface area is 105 Å². The lowest BCUT2D eigenvalue weighted by molar-refractivity contribution is 0.679. The fourth-order valence-corrected chi connectivity index (χ4v) is 1.80. The van der Waals surface area contributed by atoms with Crippen LogP contribution in [0.2, 0.25) is 0 Å². The maximum absolute atomic E-state index is 11.2. The third-order valence-electron chi connectivity index (χ3n) is 2.59. The number of anilines is 1. The van der Waals surface area contributed by atoms with E-state index in [2.05, 4.69) is 16.4 Å². The number of nitriles is 1. The van der Waals surface area contributed by atoms with Crippen LogP contribution in [0.3, 0.4) is 0 Å². The molecule has 0 bridgehead atoms. The van der Waals surface area contributed by atoms with Gasteiger partial charge in [-0.05, 0) is 26.8 Å². The normalized spacial score (nSPS) is 13.8. The Balaban J connectivity index is 2.91. The zero-order valence-electron chi connectivity index (χ0n) is 10.6. The fourth-order valence-electron chi connectivity index (χ4n) is 1.48. The van der Waals surface area contributed by atoms with Crippen LogP contribution in [0.1, 0.15) is 23.9 Å². The summed E-state index contributed by atoms with van der Waals surface area (Å²) in [4.78, 5) is 4.24. The van der Waals surface area contributed by atoms with E-state index in [1.807, 2.05) is 26.8 Å². The Morgan fingerprint density at radius 3 is 2.76 bits per heavy atom. The molecule has 92 valence electrons. The largest absolute Gasteiger partial charge is 0.383 e. The molecule has 1 aromatic heterocycles. The first-order chi connectivity index (χ1) is 7.95. The summed E-state index contributed by atoms with van der Waals surface area (Å²) in [6.45, 7) is 6.20. The molecule has 1 rings (SSSR count).